The molecule has 2 aliphatic heterocycles. The zero-order valence-corrected chi connectivity index (χ0v) is 20.6. The summed E-state index contributed by atoms with van der Waals surface area (Å²) >= 11 is 11.7. The number of ether oxygens (including phenoxy) is 2. The summed E-state index contributed by atoms with van der Waals surface area (Å²) in [5, 5.41) is 7.25. The number of fused-ring (bicyclic) bond motifs is 4. The molecule has 1 saturated heterocycles. The van der Waals surface area contributed by atoms with Gasteiger partial charge in [0.05, 0.1) is 12.6 Å². The predicted molar refractivity (Wildman–Crippen MR) is 138 cm³/mol. The van der Waals surface area contributed by atoms with Crippen molar-refractivity contribution in [2.24, 2.45) is 5.92 Å². The van der Waals surface area contributed by atoms with Gasteiger partial charge in [0.15, 0.2) is 22.3 Å². The molecule has 9 heteroatoms. The molecule has 0 spiro atoms. The Morgan fingerprint density at radius 3 is 2.60 bits per heavy atom. The van der Waals surface area contributed by atoms with Crippen molar-refractivity contribution in [3.63, 3.8) is 0 Å². The van der Waals surface area contributed by atoms with Gasteiger partial charge in [-0.1, -0.05) is 23.7 Å². The van der Waals surface area contributed by atoms with Gasteiger partial charge in [0.2, 0.25) is 5.91 Å². The average molecular weight is 512 g/mol. The smallest absolute Gasteiger partial charge is 0.236 e. The molecule has 2 N–H and O–H groups in total. The molecule has 5 rings (SSSR count). The number of carbonyl (C=O) groups is 1. The molecule has 0 aliphatic carbocycles. The minimum atomic E-state index is -1.25. The quantitative estimate of drug-likeness (QED) is 0.430. The lowest BCUT2D eigenvalue weighted by molar-refractivity contribution is -0.130. The maximum absolute atomic E-state index is 13.8. The van der Waals surface area contributed by atoms with Crippen molar-refractivity contribution < 1.29 is 18.7 Å². The topological polar surface area (TPSA) is 62.8 Å². The first-order chi connectivity index (χ1) is 16.8. The van der Waals surface area contributed by atoms with E-state index in [1.807, 2.05) is 32.0 Å². The second kappa shape index (κ2) is 9.02. The van der Waals surface area contributed by atoms with Crippen molar-refractivity contribution in [2.75, 3.05) is 16.8 Å². The van der Waals surface area contributed by atoms with Crippen LogP contribution in [0, 0.1) is 11.7 Å². The molecule has 2 heterocycles. The molecular weight excluding hydrogens is 489 g/mol. The number of hydrogen-bond acceptors (Lipinski definition) is 4. The van der Waals surface area contributed by atoms with Gasteiger partial charge in [0.25, 0.3) is 0 Å². The van der Waals surface area contributed by atoms with Crippen LogP contribution in [0.5, 0.6) is 11.5 Å². The predicted octanol–water partition coefficient (Wildman–Crippen LogP) is 5.68. The Balaban J connectivity index is 1.63. The molecule has 1 amide bonds. The first-order valence-electron chi connectivity index (χ1n) is 11.2. The highest BCUT2D eigenvalue weighted by Gasteiger charge is 2.59. The fourth-order valence-corrected chi connectivity index (χ4v) is 5.31. The highest BCUT2D eigenvalue weighted by molar-refractivity contribution is 7.80. The summed E-state index contributed by atoms with van der Waals surface area (Å²) in [6, 6.07) is 17.9. The minimum absolute atomic E-state index is 0.269. The van der Waals surface area contributed by atoms with E-state index in [0.717, 1.165) is 5.56 Å². The molecular formula is C26H23ClFN3O3S. The number of benzene rings is 3. The third kappa shape index (κ3) is 4.06. The molecule has 2 bridgehead atoms. The molecule has 35 heavy (non-hydrogen) atoms. The molecule has 1 fully saturated rings. The Morgan fingerprint density at radius 2 is 1.91 bits per heavy atom. The standard InChI is InChI=1S/C26H23ClFN3O3S/c1-3-33-20-6-4-5-19-22-21(24(32)29-17-11-7-15(27)8-12-17)26(2,34-23(19)20)31(25(35)30-22)18-13-9-16(28)10-14-18/h4-14,21-22H,3H2,1-2H3,(H,29,32)(H,30,35)/t21-,22+,26+/m0/s1. The van der Waals surface area contributed by atoms with E-state index in [0.29, 0.717) is 39.6 Å². The molecule has 0 aromatic heterocycles. The van der Waals surface area contributed by atoms with Crippen molar-refractivity contribution in [1.82, 2.24) is 5.32 Å². The van der Waals surface area contributed by atoms with Crippen LogP contribution in [0.3, 0.4) is 0 Å². The summed E-state index contributed by atoms with van der Waals surface area (Å²) in [6.07, 6.45) is 0. The summed E-state index contributed by atoms with van der Waals surface area (Å²) in [4.78, 5) is 15.5. The van der Waals surface area contributed by atoms with Crippen molar-refractivity contribution in [2.45, 2.75) is 25.6 Å². The number of hydrogen-bond donors (Lipinski definition) is 2. The average Bonchev–Trinajstić information content (AvgIpc) is 2.82. The van der Waals surface area contributed by atoms with Gasteiger partial charge in [-0.3, -0.25) is 9.69 Å². The van der Waals surface area contributed by atoms with Gasteiger partial charge >= 0.3 is 0 Å². The minimum Gasteiger partial charge on any atom is -0.490 e. The van der Waals surface area contributed by atoms with E-state index in [1.54, 1.807) is 41.3 Å². The number of nitrogens with zero attached hydrogens (tertiary/aromatic N) is 1. The number of rotatable bonds is 5. The van der Waals surface area contributed by atoms with E-state index in [2.05, 4.69) is 10.6 Å². The molecule has 0 unspecified atom stereocenters. The highest BCUT2D eigenvalue weighted by atomic mass is 35.5. The van der Waals surface area contributed by atoms with Gasteiger partial charge in [-0.2, -0.15) is 0 Å². The lowest BCUT2D eigenvalue weighted by atomic mass is 9.78. The summed E-state index contributed by atoms with van der Waals surface area (Å²) in [6.45, 7) is 4.16. The SMILES string of the molecule is CCOc1cccc2c1O[C@]1(C)[C@H](C(=O)Nc3ccc(Cl)cc3)[C@@H]2NC(=S)N1c1ccc(F)cc1. The lowest BCUT2D eigenvalue weighted by Gasteiger charge is -2.56. The van der Waals surface area contributed by atoms with Crippen LogP contribution in [-0.2, 0) is 4.79 Å². The monoisotopic (exact) mass is 511 g/mol. The Kier molecular flexibility index (Phi) is 6.02. The lowest BCUT2D eigenvalue weighted by Crippen LogP contribution is -2.72. The van der Waals surface area contributed by atoms with E-state index in [-0.39, 0.29) is 11.7 Å². The number of nitrogens with one attached hydrogen (secondary N) is 2. The first kappa shape index (κ1) is 23.4. The maximum atomic E-state index is 13.8. The van der Waals surface area contributed by atoms with Crippen molar-refractivity contribution in [3.8, 4) is 11.5 Å². The summed E-state index contributed by atoms with van der Waals surface area (Å²) in [5.74, 6) is -0.266. The van der Waals surface area contributed by atoms with E-state index in [9.17, 15) is 9.18 Å². The maximum Gasteiger partial charge on any atom is 0.236 e. The zero-order valence-electron chi connectivity index (χ0n) is 19.0. The Morgan fingerprint density at radius 1 is 1.20 bits per heavy atom. The second-order valence-corrected chi connectivity index (χ2v) is 9.30. The first-order valence-corrected chi connectivity index (χ1v) is 12.0. The van der Waals surface area contributed by atoms with Crippen LogP contribution in [0.2, 0.25) is 5.02 Å². The van der Waals surface area contributed by atoms with Gasteiger partial charge in [0.1, 0.15) is 11.7 Å². The fourth-order valence-electron chi connectivity index (χ4n) is 4.77. The number of carbonyl (C=O) groups excluding carboxylic acids is 1. The van der Waals surface area contributed by atoms with Crippen LogP contribution >= 0.6 is 23.8 Å². The summed E-state index contributed by atoms with van der Waals surface area (Å²) in [5.41, 5.74) is 0.713. The fraction of sp³-hybridized carbons (Fsp3) is 0.231. The summed E-state index contributed by atoms with van der Waals surface area (Å²) < 4.78 is 26.2. The van der Waals surface area contributed by atoms with Gasteiger partial charge < -0.3 is 20.1 Å². The molecule has 180 valence electrons. The van der Waals surface area contributed by atoms with E-state index >= 15 is 0 Å². The number of para-hydroxylation sites is 1. The van der Waals surface area contributed by atoms with Crippen molar-refractivity contribution >= 4 is 46.2 Å². The Bertz CT molecular complexity index is 1290. The van der Waals surface area contributed by atoms with Crippen LogP contribution in [-0.4, -0.2) is 23.4 Å². The number of halogens is 2. The van der Waals surface area contributed by atoms with Crippen molar-refractivity contribution in [1.29, 1.82) is 0 Å². The van der Waals surface area contributed by atoms with E-state index < -0.39 is 17.7 Å². The second-order valence-electron chi connectivity index (χ2n) is 8.48. The van der Waals surface area contributed by atoms with Gasteiger partial charge in [-0.25, -0.2) is 4.39 Å². The Labute approximate surface area is 213 Å². The van der Waals surface area contributed by atoms with Crippen LogP contribution in [0.1, 0.15) is 25.5 Å². The molecule has 3 atom stereocenters. The third-order valence-corrected chi connectivity index (χ3v) is 6.82. The Hall–Kier alpha value is -3.36. The van der Waals surface area contributed by atoms with Crippen LogP contribution in [0.15, 0.2) is 66.7 Å². The van der Waals surface area contributed by atoms with Crippen LogP contribution in [0.25, 0.3) is 0 Å². The molecule has 3 aromatic rings. The third-order valence-electron chi connectivity index (χ3n) is 6.27. The van der Waals surface area contributed by atoms with E-state index in [4.69, 9.17) is 33.3 Å². The number of amides is 1. The molecule has 0 saturated carbocycles. The molecule has 6 nitrogen and oxygen atoms in total. The van der Waals surface area contributed by atoms with Gasteiger partial charge in [-0.05, 0) is 80.7 Å². The highest BCUT2D eigenvalue weighted by Crippen LogP contribution is 2.52. The summed E-state index contributed by atoms with van der Waals surface area (Å²) in [7, 11) is 0. The normalized spacial score (nSPS) is 22.5. The van der Waals surface area contributed by atoms with Crippen LogP contribution < -0.4 is 25.0 Å². The van der Waals surface area contributed by atoms with E-state index in [1.165, 1.54) is 12.1 Å². The van der Waals surface area contributed by atoms with Gasteiger partial charge in [0, 0.05) is 22.0 Å². The molecule has 2 aliphatic rings. The molecule has 0 radical (unpaired) electrons. The molecule has 3 aromatic carbocycles. The zero-order chi connectivity index (χ0) is 24.7. The van der Waals surface area contributed by atoms with Gasteiger partial charge in [-0.15, -0.1) is 0 Å². The largest absolute Gasteiger partial charge is 0.490 e. The van der Waals surface area contributed by atoms with Crippen molar-refractivity contribution in [3.05, 3.63) is 83.1 Å². The van der Waals surface area contributed by atoms with Crippen LogP contribution in [0.4, 0.5) is 15.8 Å². The number of thiocarbonyl (C=S) groups is 1. The number of anilines is 2.